The van der Waals surface area contributed by atoms with Crippen molar-refractivity contribution in [1.82, 2.24) is 9.78 Å². The van der Waals surface area contributed by atoms with Crippen molar-refractivity contribution in [2.24, 2.45) is 0 Å². The first-order valence-electron chi connectivity index (χ1n) is 3.17. The molecule has 1 radical (unpaired) electrons. The topological polar surface area (TPSA) is 27.1 Å². The van der Waals surface area contributed by atoms with Crippen LogP contribution in [0.5, 0.6) is 5.88 Å². The van der Waals surface area contributed by atoms with Crippen molar-refractivity contribution in [2.75, 3.05) is 6.61 Å². The highest BCUT2D eigenvalue weighted by Crippen LogP contribution is 2.21. The summed E-state index contributed by atoms with van der Waals surface area (Å²) in [6, 6.07) is 0. The average molecular weight is 189 g/mol. The predicted octanol–water partition coefficient (Wildman–Crippen LogP) is 1.23. The first-order chi connectivity index (χ1) is 6.16. The normalized spacial score (nSPS) is 10.1. The summed E-state index contributed by atoms with van der Waals surface area (Å²) in [5, 5.41) is 2.94. The summed E-state index contributed by atoms with van der Waals surface area (Å²) in [6.45, 7) is -3.28. The molecule has 0 spiro atoms. The summed E-state index contributed by atoms with van der Waals surface area (Å²) in [7, 11) is 0. The van der Waals surface area contributed by atoms with Crippen molar-refractivity contribution in [3.63, 3.8) is 0 Å². The number of terminal acetylenes is 1. The highest BCUT2D eigenvalue weighted by molar-refractivity contribution is 5.11. The van der Waals surface area contributed by atoms with Crippen LogP contribution in [-0.4, -0.2) is 16.4 Å². The van der Waals surface area contributed by atoms with E-state index in [0.29, 0.717) is 0 Å². The fourth-order valence-electron chi connectivity index (χ4n) is 0.663. The molecule has 0 unspecified atom stereocenters. The van der Waals surface area contributed by atoms with E-state index >= 15 is 0 Å². The lowest BCUT2D eigenvalue weighted by Crippen LogP contribution is -2.06. The predicted molar refractivity (Wildman–Crippen MR) is 36.6 cm³/mol. The zero-order valence-electron chi connectivity index (χ0n) is 6.30. The fourth-order valence-corrected chi connectivity index (χ4v) is 0.663. The van der Waals surface area contributed by atoms with Crippen molar-refractivity contribution in [2.45, 2.75) is 6.55 Å². The highest BCUT2D eigenvalue weighted by Gasteiger charge is 2.18. The van der Waals surface area contributed by atoms with E-state index in [2.05, 4.69) is 9.84 Å². The Labute approximate surface area is 72.1 Å². The minimum atomic E-state index is -2.98. The second kappa shape index (κ2) is 3.85. The van der Waals surface area contributed by atoms with Crippen LogP contribution in [0.25, 0.3) is 0 Å². The van der Waals surface area contributed by atoms with Gasteiger partial charge in [-0.05, 0) is 0 Å². The van der Waals surface area contributed by atoms with Crippen LogP contribution in [0.2, 0.25) is 0 Å². The lowest BCUT2D eigenvalue weighted by atomic mass is 10.6. The van der Waals surface area contributed by atoms with Crippen LogP contribution >= 0.6 is 0 Å². The van der Waals surface area contributed by atoms with E-state index in [9.17, 15) is 13.2 Å². The first kappa shape index (κ1) is 9.45. The van der Waals surface area contributed by atoms with E-state index in [1.165, 1.54) is 0 Å². The Bertz CT molecular complexity index is 329. The third-order valence-electron chi connectivity index (χ3n) is 1.13. The molecule has 0 atom stereocenters. The molecule has 1 aromatic rings. The molecule has 0 aromatic carbocycles. The number of rotatable bonds is 3. The van der Waals surface area contributed by atoms with Gasteiger partial charge >= 0.3 is 6.55 Å². The van der Waals surface area contributed by atoms with Gasteiger partial charge in [0.05, 0.1) is 0 Å². The van der Waals surface area contributed by atoms with Gasteiger partial charge in [-0.2, -0.15) is 23.0 Å². The van der Waals surface area contributed by atoms with Crippen LogP contribution in [0.1, 0.15) is 6.55 Å². The molecule has 13 heavy (non-hydrogen) atoms. The van der Waals surface area contributed by atoms with Gasteiger partial charge in [-0.1, -0.05) is 5.92 Å². The molecule has 0 saturated heterocycles. The van der Waals surface area contributed by atoms with Crippen LogP contribution in [0.3, 0.4) is 0 Å². The van der Waals surface area contributed by atoms with Crippen LogP contribution in [-0.2, 0) is 0 Å². The Morgan fingerprint density at radius 2 is 2.38 bits per heavy atom. The van der Waals surface area contributed by atoms with Gasteiger partial charge < -0.3 is 4.74 Å². The molecule has 3 nitrogen and oxygen atoms in total. The zero-order valence-corrected chi connectivity index (χ0v) is 6.30. The van der Waals surface area contributed by atoms with E-state index in [0.717, 1.165) is 0 Å². The molecule has 0 bridgehead atoms. The third-order valence-corrected chi connectivity index (χ3v) is 1.13. The van der Waals surface area contributed by atoms with Crippen molar-refractivity contribution in [3.8, 4) is 18.2 Å². The summed E-state index contributed by atoms with van der Waals surface area (Å²) in [5.41, 5.74) is 0. The monoisotopic (exact) mass is 189 g/mol. The first-order valence-corrected chi connectivity index (χ1v) is 3.17. The molecular weight excluding hydrogens is 185 g/mol. The van der Waals surface area contributed by atoms with E-state index in [4.69, 9.17) is 6.42 Å². The molecule has 0 amide bonds. The second-order valence-electron chi connectivity index (χ2n) is 1.95. The maximum Gasteiger partial charge on any atom is 0.336 e. The van der Waals surface area contributed by atoms with Crippen molar-refractivity contribution in [1.29, 1.82) is 0 Å². The number of hydrogen-bond acceptors (Lipinski definition) is 2. The fraction of sp³-hybridized carbons (Fsp3) is 0.286. The Kier molecular flexibility index (Phi) is 2.80. The summed E-state index contributed by atoms with van der Waals surface area (Å²) < 4.78 is 41.3. The van der Waals surface area contributed by atoms with Gasteiger partial charge in [-0.3, -0.25) is 0 Å². The molecule has 0 N–H and O–H groups in total. The number of halogens is 3. The van der Waals surface area contributed by atoms with E-state index in [1.807, 2.05) is 5.92 Å². The quantitative estimate of drug-likeness (QED) is 0.668. The van der Waals surface area contributed by atoms with Crippen molar-refractivity contribution in [3.05, 3.63) is 12.0 Å². The van der Waals surface area contributed by atoms with Crippen LogP contribution in [0.4, 0.5) is 13.2 Å². The molecule has 0 aliphatic rings. The minimum absolute atomic E-state index is 0.0622. The maximum absolute atomic E-state index is 12.6. The Balaban J connectivity index is 2.89. The number of alkyl halides is 2. The molecule has 0 saturated carbocycles. The zero-order chi connectivity index (χ0) is 9.84. The average Bonchev–Trinajstić information content (AvgIpc) is 2.43. The highest BCUT2D eigenvalue weighted by atomic mass is 19.3. The lowest BCUT2D eigenvalue weighted by molar-refractivity contribution is 0.0457. The van der Waals surface area contributed by atoms with Gasteiger partial charge in [0.25, 0.3) is 5.88 Å². The van der Waals surface area contributed by atoms with Crippen molar-refractivity contribution < 1.29 is 17.9 Å². The van der Waals surface area contributed by atoms with Crippen LogP contribution in [0.15, 0.2) is 0 Å². The van der Waals surface area contributed by atoms with Gasteiger partial charge in [0.2, 0.25) is 5.82 Å². The maximum atomic E-state index is 12.6. The van der Waals surface area contributed by atoms with Crippen molar-refractivity contribution >= 4 is 0 Å². The molecule has 0 aliphatic heterocycles. The van der Waals surface area contributed by atoms with Gasteiger partial charge in [-0.25, -0.2) is 0 Å². The number of aromatic nitrogens is 2. The van der Waals surface area contributed by atoms with Crippen LogP contribution < -0.4 is 4.74 Å². The Morgan fingerprint density at radius 3 is 2.92 bits per heavy atom. The smallest absolute Gasteiger partial charge is 0.336 e. The summed E-state index contributed by atoms with van der Waals surface area (Å²) >= 11 is 0. The van der Waals surface area contributed by atoms with Gasteiger partial charge in [-0.15, -0.1) is 6.42 Å². The SMILES string of the molecule is C#CCOc1c(F)[c]nn1C(F)F. The Hall–Kier alpha value is -1.64. The standard InChI is InChI=1S/C7H4F3N2O/c1-2-3-13-6-5(8)4-11-12(6)7(9)10/h1,7H,3H2. The summed E-state index contributed by atoms with van der Waals surface area (Å²) in [6.07, 6.45) is 6.50. The minimum Gasteiger partial charge on any atom is -0.462 e. The van der Waals surface area contributed by atoms with Gasteiger partial charge in [0.15, 0.2) is 12.8 Å². The van der Waals surface area contributed by atoms with Gasteiger partial charge in [0, 0.05) is 0 Å². The number of ether oxygens (including phenoxy) is 1. The summed E-state index contributed by atoms with van der Waals surface area (Å²) in [5.74, 6) is 0.222. The summed E-state index contributed by atoms with van der Waals surface area (Å²) in [4.78, 5) is 0. The van der Waals surface area contributed by atoms with Gasteiger partial charge in [0.1, 0.15) is 0 Å². The van der Waals surface area contributed by atoms with E-state index in [1.54, 1.807) is 6.20 Å². The molecule has 1 aromatic heterocycles. The Morgan fingerprint density at radius 1 is 1.69 bits per heavy atom. The molecule has 69 valence electrons. The lowest BCUT2D eigenvalue weighted by Gasteiger charge is -2.04. The number of nitrogens with zero attached hydrogens (tertiary/aromatic N) is 2. The third kappa shape index (κ3) is 1.93. The molecule has 1 rings (SSSR count). The molecule has 1 heterocycles. The largest absolute Gasteiger partial charge is 0.462 e. The second-order valence-corrected chi connectivity index (χ2v) is 1.95. The molecule has 6 heteroatoms. The van der Waals surface area contributed by atoms with E-state index < -0.39 is 18.2 Å². The van der Waals surface area contributed by atoms with E-state index in [-0.39, 0.29) is 11.3 Å². The molecular formula is C7H4F3N2O. The molecule has 0 aliphatic carbocycles. The molecule has 0 fully saturated rings. The van der Waals surface area contributed by atoms with Crippen LogP contribution in [0, 0.1) is 24.4 Å². The number of hydrogen-bond donors (Lipinski definition) is 0.